The van der Waals surface area contributed by atoms with Crippen molar-refractivity contribution in [3.05, 3.63) is 58.6 Å². The largest absolute Gasteiger partial charge is 0.340 e. The molecule has 1 saturated heterocycles. The van der Waals surface area contributed by atoms with Gasteiger partial charge in [-0.3, -0.25) is 4.79 Å². The molecule has 1 fully saturated rings. The van der Waals surface area contributed by atoms with Crippen molar-refractivity contribution >= 4 is 49.0 Å². The van der Waals surface area contributed by atoms with Crippen LogP contribution >= 0.6 is 23.2 Å². The van der Waals surface area contributed by atoms with Crippen molar-refractivity contribution in [3.63, 3.8) is 0 Å². The standard InChI is InChI=1S/C18H18Cl2N2O5S2/c19-15-7-4-8-16(20)18(15)29(26,27)21-11-17(23)22-10-9-14(12-22)28(24,25)13-5-2-1-3-6-13/h1-8,14,21H,9-12H2. The second-order valence-electron chi connectivity index (χ2n) is 6.48. The van der Waals surface area contributed by atoms with E-state index in [2.05, 4.69) is 4.72 Å². The summed E-state index contributed by atoms with van der Waals surface area (Å²) in [6.45, 7) is -0.295. The first-order chi connectivity index (χ1) is 13.6. The third-order valence-corrected chi connectivity index (χ3v) is 9.16. The number of carbonyl (C=O) groups excluding carboxylic acids is 1. The van der Waals surface area contributed by atoms with Gasteiger partial charge in [-0.05, 0) is 30.7 Å². The van der Waals surface area contributed by atoms with Crippen molar-refractivity contribution in [1.29, 1.82) is 0 Å². The fraction of sp³-hybridized carbons (Fsp3) is 0.278. The molecule has 0 bridgehead atoms. The van der Waals surface area contributed by atoms with Gasteiger partial charge in [0.25, 0.3) is 0 Å². The van der Waals surface area contributed by atoms with E-state index in [9.17, 15) is 21.6 Å². The Bertz CT molecular complexity index is 1100. The summed E-state index contributed by atoms with van der Waals surface area (Å²) >= 11 is 11.8. The molecule has 29 heavy (non-hydrogen) atoms. The molecule has 0 spiro atoms. The third-order valence-electron chi connectivity index (χ3n) is 4.61. The first-order valence-corrected chi connectivity index (χ1v) is 12.4. The van der Waals surface area contributed by atoms with Gasteiger partial charge < -0.3 is 4.90 Å². The SMILES string of the molecule is O=C(CNS(=O)(=O)c1c(Cl)cccc1Cl)N1CCC(S(=O)(=O)c2ccccc2)C1. The van der Waals surface area contributed by atoms with Crippen LogP contribution in [0.3, 0.4) is 0 Å². The Morgan fingerprint density at radius 3 is 2.24 bits per heavy atom. The molecule has 1 amide bonds. The number of nitrogens with one attached hydrogen (secondary N) is 1. The van der Waals surface area contributed by atoms with Gasteiger partial charge in [0.2, 0.25) is 15.9 Å². The van der Waals surface area contributed by atoms with Crippen LogP contribution in [0.4, 0.5) is 0 Å². The van der Waals surface area contributed by atoms with Crippen molar-refractivity contribution in [2.75, 3.05) is 19.6 Å². The maximum absolute atomic E-state index is 12.7. The summed E-state index contributed by atoms with van der Waals surface area (Å²) in [5.74, 6) is -0.525. The van der Waals surface area contributed by atoms with Crippen LogP contribution in [0.25, 0.3) is 0 Å². The molecule has 1 N–H and O–H groups in total. The van der Waals surface area contributed by atoms with Crippen molar-refractivity contribution in [1.82, 2.24) is 9.62 Å². The van der Waals surface area contributed by atoms with Crippen LogP contribution in [0.15, 0.2) is 58.3 Å². The van der Waals surface area contributed by atoms with E-state index in [1.165, 1.54) is 35.2 Å². The molecule has 7 nitrogen and oxygen atoms in total. The Labute approximate surface area is 179 Å². The molecule has 1 aliphatic rings. The minimum absolute atomic E-state index is 0.00460. The van der Waals surface area contributed by atoms with Crippen LogP contribution in [0.2, 0.25) is 10.0 Å². The number of benzene rings is 2. The molecule has 11 heteroatoms. The van der Waals surface area contributed by atoms with Gasteiger partial charge in [-0.15, -0.1) is 0 Å². The molecule has 1 heterocycles. The number of amides is 1. The van der Waals surface area contributed by atoms with E-state index in [-0.39, 0.29) is 39.3 Å². The summed E-state index contributed by atoms with van der Waals surface area (Å²) in [6.07, 6.45) is 0.284. The molecule has 1 aliphatic heterocycles. The third kappa shape index (κ3) is 4.75. The van der Waals surface area contributed by atoms with Crippen molar-refractivity contribution in [2.24, 2.45) is 0 Å². The number of carbonyl (C=O) groups is 1. The quantitative estimate of drug-likeness (QED) is 0.689. The predicted molar refractivity (Wildman–Crippen MR) is 110 cm³/mol. The highest BCUT2D eigenvalue weighted by molar-refractivity contribution is 7.92. The van der Waals surface area contributed by atoms with Gasteiger partial charge in [0.05, 0.1) is 26.7 Å². The lowest BCUT2D eigenvalue weighted by Crippen LogP contribution is -2.40. The summed E-state index contributed by atoms with van der Waals surface area (Å²) in [5.41, 5.74) is 0. The first kappa shape index (κ1) is 22.0. The van der Waals surface area contributed by atoms with E-state index in [4.69, 9.17) is 23.2 Å². The topological polar surface area (TPSA) is 101 Å². The molecule has 2 aromatic rings. The molecule has 0 radical (unpaired) electrons. The molecular weight excluding hydrogens is 459 g/mol. The van der Waals surface area contributed by atoms with Crippen LogP contribution in [0.5, 0.6) is 0 Å². The lowest BCUT2D eigenvalue weighted by molar-refractivity contribution is -0.128. The maximum Gasteiger partial charge on any atom is 0.244 e. The van der Waals surface area contributed by atoms with Crippen LogP contribution in [-0.2, 0) is 24.7 Å². The second-order valence-corrected chi connectivity index (χ2v) is 11.2. The minimum Gasteiger partial charge on any atom is -0.340 e. The molecule has 0 saturated carbocycles. The average molecular weight is 477 g/mol. The first-order valence-electron chi connectivity index (χ1n) is 8.63. The van der Waals surface area contributed by atoms with E-state index in [1.54, 1.807) is 18.2 Å². The monoisotopic (exact) mass is 476 g/mol. The summed E-state index contributed by atoms with van der Waals surface area (Å²) in [6, 6.07) is 12.3. The second kappa shape index (κ2) is 8.61. The Morgan fingerprint density at radius 2 is 1.62 bits per heavy atom. The molecular formula is C18H18Cl2N2O5S2. The van der Waals surface area contributed by atoms with E-state index >= 15 is 0 Å². The fourth-order valence-electron chi connectivity index (χ4n) is 3.09. The van der Waals surface area contributed by atoms with Gasteiger partial charge in [-0.25, -0.2) is 21.6 Å². The van der Waals surface area contributed by atoms with E-state index in [1.807, 2.05) is 0 Å². The molecule has 156 valence electrons. The predicted octanol–water partition coefficient (Wildman–Crippen LogP) is 2.35. The Morgan fingerprint density at radius 1 is 1.00 bits per heavy atom. The summed E-state index contributed by atoms with van der Waals surface area (Å²) in [4.78, 5) is 13.7. The normalized spacial score (nSPS) is 17.4. The highest BCUT2D eigenvalue weighted by Crippen LogP contribution is 2.29. The number of hydrogen-bond acceptors (Lipinski definition) is 5. The average Bonchev–Trinajstić information content (AvgIpc) is 3.18. The number of halogens is 2. The summed E-state index contributed by atoms with van der Waals surface area (Å²) in [5, 5.41) is -0.858. The van der Waals surface area contributed by atoms with Crippen molar-refractivity contribution < 1.29 is 21.6 Å². The number of rotatable bonds is 6. The molecule has 1 atom stereocenters. The highest BCUT2D eigenvalue weighted by Gasteiger charge is 2.36. The van der Waals surface area contributed by atoms with E-state index < -0.39 is 37.6 Å². The summed E-state index contributed by atoms with van der Waals surface area (Å²) in [7, 11) is -7.68. The van der Waals surface area contributed by atoms with Gasteiger partial charge in [-0.2, -0.15) is 0 Å². The Balaban J connectivity index is 1.66. The van der Waals surface area contributed by atoms with Crippen LogP contribution in [0, 0.1) is 0 Å². The summed E-state index contributed by atoms with van der Waals surface area (Å²) < 4.78 is 52.5. The lowest BCUT2D eigenvalue weighted by atomic mass is 10.4. The Kier molecular flexibility index (Phi) is 6.54. The van der Waals surface area contributed by atoms with Crippen LogP contribution in [0.1, 0.15) is 6.42 Å². The number of sulfonamides is 1. The fourth-order valence-corrected chi connectivity index (χ4v) is 6.92. The Hall–Kier alpha value is -1.65. The number of sulfone groups is 1. The smallest absolute Gasteiger partial charge is 0.244 e. The zero-order chi connectivity index (χ0) is 21.2. The van der Waals surface area contributed by atoms with E-state index in [0.29, 0.717) is 0 Å². The number of nitrogens with zero attached hydrogens (tertiary/aromatic N) is 1. The molecule has 0 aliphatic carbocycles. The van der Waals surface area contributed by atoms with Gasteiger partial charge in [0.15, 0.2) is 9.84 Å². The van der Waals surface area contributed by atoms with Crippen molar-refractivity contribution in [2.45, 2.75) is 21.5 Å². The van der Waals surface area contributed by atoms with Crippen LogP contribution < -0.4 is 4.72 Å². The van der Waals surface area contributed by atoms with Crippen LogP contribution in [-0.4, -0.2) is 52.5 Å². The minimum atomic E-state index is -4.11. The lowest BCUT2D eigenvalue weighted by Gasteiger charge is -2.17. The van der Waals surface area contributed by atoms with Gasteiger partial charge in [-0.1, -0.05) is 47.5 Å². The number of likely N-dealkylation sites (tertiary alicyclic amines) is 1. The molecule has 2 aromatic carbocycles. The molecule has 1 unspecified atom stereocenters. The maximum atomic E-state index is 12.7. The zero-order valence-corrected chi connectivity index (χ0v) is 18.2. The molecule has 3 rings (SSSR count). The van der Waals surface area contributed by atoms with Gasteiger partial charge in [0, 0.05) is 13.1 Å². The zero-order valence-electron chi connectivity index (χ0n) is 15.1. The highest BCUT2D eigenvalue weighted by atomic mass is 35.5. The van der Waals surface area contributed by atoms with Gasteiger partial charge >= 0.3 is 0 Å². The van der Waals surface area contributed by atoms with Gasteiger partial charge in [0.1, 0.15) is 4.90 Å². The van der Waals surface area contributed by atoms with E-state index in [0.717, 1.165) is 0 Å². The molecule has 0 aromatic heterocycles. The number of hydrogen-bond donors (Lipinski definition) is 1. The van der Waals surface area contributed by atoms with Crippen molar-refractivity contribution in [3.8, 4) is 0 Å².